The predicted octanol–water partition coefficient (Wildman–Crippen LogP) is 6.23. The van der Waals surface area contributed by atoms with Crippen molar-refractivity contribution in [2.45, 2.75) is 23.1 Å². The van der Waals surface area contributed by atoms with E-state index in [0.717, 1.165) is 25.8 Å². The van der Waals surface area contributed by atoms with Gasteiger partial charge in [0.2, 0.25) is 0 Å². The lowest BCUT2D eigenvalue weighted by molar-refractivity contribution is 0.0960. The Labute approximate surface area is 200 Å². The molecule has 0 saturated heterocycles. The van der Waals surface area contributed by atoms with Crippen LogP contribution >= 0.6 is 23.1 Å². The first-order valence-corrected chi connectivity index (χ1v) is 11.8. The van der Waals surface area contributed by atoms with E-state index < -0.39 is 5.82 Å². The normalized spacial score (nSPS) is 10.6. The lowest BCUT2D eigenvalue weighted by Crippen LogP contribution is -2.18. The summed E-state index contributed by atoms with van der Waals surface area (Å²) in [4.78, 5) is 19.5. The van der Waals surface area contributed by atoms with Crippen molar-refractivity contribution in [1.82, 2.24) is 10.3 Å². The zero-order chi connectivity index (χ0) is 23.4. The smallest absolute Gasteiger partial charge is 0.252 e. The predicted molar refractivity (Wildman–Crippen MR) is 130 cm³/mol. The topological polar surface area (TPSA) is 65.8 Å². The van der Waals surface area contributed by atoms with Crippen LogP contribution in [0.25, 0.3) is 10.6 Å². The molecule has 0 spiro atoms. The molecule has 1 amide bonds. The minimum atomic E-state index is -0.440. The van der Waals surface area contributed by atoms with Gasteiger partial charge in [-0.25, -0.2) is 9.37 Å². The van der Waals surface area contributed by atoms with E-state index in [9.17, 15) is 9.18 Å². The molecule has 0 radical (unpaired) electrons. The SMILES string of the molecule is CNC(=O)c1ccccc1Sc1ccc(Cc2cnc(-c3ccc(C#N)cc3F)s2)c(C)c1. The van der Waals surface area contributed by atoms with Crippen molar-refractivity contribution in [1.29, 1.82) is 5.26 Å². The number of nitriles is 1. The van der Waals surface area contributed by atoms with E-state index in [1.807, 2.05) is 30.3 Å². The number of hydrogen-bond acceptors (Lipinski definition) is 5. The third kappa shape index (κ3) is 5.14. The number of carbonyl (C=O) groups is 1. The summed E-state index contributed by atoms with van der Waals surface area (Å²) in [5, 5.41) is 12.2. The van der Waals surface area contributed by atoms with Gasteiger partial charge in [0.25, 0.3) is 5.91 Å². The second-order valence-electron chi connectivity index (χ2n) is 7.38. The Morgan fingerprint density at radius 1 is 1.18 bits per heavy atom. The molecular weight excluding hydrogens is 453 g/mol. The lowest BCUT2D eigenvalue weighted by Gasteiger charge is -2.10. The number of hydrogen-bond donors (Lipinski definition) is 1. The van der Waals surface area contributed by atoms with E-state index in [1.54, 1.807) is 37.1 Å². The summed E-state index contributed by atoms with van der Waals surface area (Å²) in [5.74, 6) is -0.546. The zero-order valence-electron chi connectivity index (χ0n) is 18.1. The van der Waals surface area contributed by atoms with Crippen LogP contribution in [0.2, 0.25) is 0 Å². The van der Waals surface area contributed by atoms with Crippen LogP contribution in [0.3, 0.4) is 0 Å². The minimum absolute atomic E-state index is 0.105. The summed E-state index contributed by atoms with van der Waals surface area (Å²) in [7, 11) is 1.63. The van der Waals surface area contributed by atoms with E-state index >= 15 is 0 Å². The Morgan fingerprint density at radius 2 is 2.00 bits per heavy atom. The molecule has 0 saturated carbocycles. The van der Waals surface area contributed by atoms with Gasteiger partial charge < -0.3 is 5.32 Å². The molecule has 1 N–H and O–H groups in total. The van der Waals surface area contributed by atoms with Crippen molar-refractivity contribution in [3.63, 3.8) is 0 Å². The molecular formula is C26H20FN3OS2. The Morgan fingerprint density at radius 3 is 2.73 bits per heavy atom. The largest absolute Gasteiger partial charge is 0.355 e. The first kappa shape index (κ1) is 22.7. The fraction of sp³-hybridized carbons (Fsp3) is 0.115. The van der Waals surface area contributed by atoms with Crippen LogP contribution in [-0.2, 0) is 6.42 Å². The van der Waals surface area contributed by atoms with Gasteiger partial charge in [0.05, 0.1) is 17.2 Å². The molecule has 164 valence electrons. The average molecular weight is 474 g/mol. The van der Waals surface area contributed by atoms with Gasteiger partial charge in [-0.1, -0.05) is 30.0 Å². The Kier molecular flexibility index (Phi) is 6.87. The van der Waals surface area contributed by atoms with Crippen molar-refractivity contribution >= 4 is 29.0 Å². The van der Waals surface area contributed by atoms with Crippen LogP contribution in [0.1, 0.15) is 31.9 Å². The third-order valence-electron chi connectivity index (χ3n) is 5.15. The minimum Gasteiger partial charge on any atom is -0.355 e. The van der Waals surface area contributed by atoms with Crippen molar-refractivity contribution in [2.75, 3.05) is 7.05 Å². The number of halogens is 1. The van der Waals surface area contributed by atoms with Crippen molar-refractivity contribution in [2.24, 2.45) is 0 Å². The van der Waals surface area contributed by atoms with Crippen LogP contribution < -0.4 is 5.32 Å². The maximum absolute atomic E-state index is 14.3. The highest BCUT2D eigenvalue weighted by Crippen LogP contribution is 2.33. The quantitative estimate of drug-likeness (QED) is 0.360. The van der Waals surface area contributed by atoms with Crippen LogP contribution in [0.5, 0.6) is 0 Å². The van der Waals surface area contributed by atoms with E-state index in [4.69, 9.17) is 5.26 Å². The molecule has 0 aliphatic rings. The lowest BCUT2D eigenvalue weighted by atomic mass is 10.1. The molecule has 1 aromatic heterocycles. The van der Waals surface area contributed by atoms with Crippen molar-refractivity contribution in [3.05, 3.63) is 99.8 Å². The molecule has 4 rings (SSSR count). The fourth-order valence-electron chi connectivity index (χ4n) is 3.39. The van der Waals surface area contributed by atoms with Gasteiger partial charge in [-0.3, -0.25) is 4.79 Å². The van der Waals surface area contributed by atoms with Gasteiger partial charge in [0, 0.05) is 39.9 Å². The molecule has 0 unspecified atom stereocenters. The van der Waals surface area contributed by atoms with Gasteiger partial charge in [0.1, 0.15) is 10.8 Å². The first-order chi connectivity index (χ1) is 16.0. The molecule has 0 fully saturated rings. The number of aryl methyl sites for hydroxylation is 1. The first-order valence-electron chi connectivity index (χ1n) is 10.2. The summed E-state index contributed by atoms with van der Waals surface area (Å²) >= 11 is 3.01. The number of amides is 1. The van der Waals surface area contributed by atoms with E-state index in [0.29, 0.717) is 28.1 Å². The number of nitrogens with zero attached hydrogens (tertiary/aromatic N) is 2. The zero-order valence-corrected chi connectivity index (χ0v) is 19.7. The monoisotopic (exact) mass is 473 g/mol. The van der Waals surface area contributed by atoms with Gasteiger partial charge in [-0.15, -0.1) is 11.3 Å². The molecule has 4 aromatic rings. The molecule has 0 aliphatic carbocycles. The number of thiazole rings is 1. The maximum Gasteiger partial charge on any atom is 0.252 e. The summed E-state index contributed by atoms with van der Waals surface area (Å²) in [6, 6.07) is 20.2. The fourth-order valence-corrected chi connectivity index (χ4v) is 5.40. The van der Waals surface area contributed by atoms with Crippen molar-refractivity contribution < 1.29 is 9.18 Å². The number of nitrogens with one attached hydrogen (secondary N) is 1. The van der Waals surface area contributed by atoms with Gasteiger partial charge in [-0.05, 0) is 60.5 Å². The number of benzene rings is 3. The second-order valence-corrected chi connectivity index (χ2v) is 9.61. The van der Waals surface area contributed by atoms with Crippen molar-refractivity contribution in [3.8, 4) is 16.6 Å². The highest BCUT2D eigenvalue weighted by atomic mass is 32.2. The summed E-state index contributed by atoms with van der Waals surface area (Å²) in [5.41, 5.74) is 3.65. The van der Waals surface area contributed by atoms with Crippen LogP contribution in [-0.4, -0.2) is 17.9 Å². The average Bonchev–Trinajstić information content (AvgIpc) is 3.28. The highest BCUT2D eigenvalue weighted by Gasteiger charge is 2.13. The Balaban J connectivity index is 1.51. The molecule has 7 heteroatoms. The number of aromatic nitrogens is 1. The molecule has 0 bridgehead atoms. The van der Waals surface area contributed by atoms with E-state index in [-0.39, 0.29) is 5.91 Å². The standard InChI is InChI=1S/C26H20FN3OS2/c1-16-11-19(32-24-6-4-3-5-22(24)25(31)29-2)9-8-18(16)13-20-15-30-26(33-20)21-10-7-17(14-28)12-23(21)27/h3-12,15H,13H2,1-2H3,(H,29,31). The number of carbonyl (C=O) groups excluding carboxylic acids is 1. The van der Waals surface area contributed by atoms with Gasteiger partial charge >= 0.3 is 0 Å². The Bertz CT molecular complexity index is 1370. The van der Waals surface area contributed by atoms with Crippen LogP contribution in [0, 0.1) is 24.1 Å². The third-order valence-corrected chi connectivity index (χ3v) is 7.24. The number of rotatable bonds is 6. The molecule has 4 nitrogen and oxygen atoms in total. The Hall–Kier alpha value is -3.47. The maximum atomic E-state index is 14.3. The molecule has 0 atom stereocenters. The van der Waals surface area contributed by atoms with Crippen LogP contribution in [0.4, 0.5) is 4.39 Å². The summed E-state index contributed by atoms with van der Waals surface area (Å²) in [6.07, 6.45) is 2.47. The molecule has 3 aromatic carbocycles. The summed E-state index contributed by atoms with van der Waals surface area (Å²) in [6.45, 7) is 2.06. The van der Waals surface area contributed by atoms with Gasteiger partial charge in [-0.2, -0.15) is 5.26 Å². The van der Waals surface area contributed by atoms with E-state index in [2.05, 4.69) is 35.4 Å². The molecule has 1 heterocycles. The second kappa shape index (κ2) is 9.99. The van der Waals surface area contributed by atoms with Gasteiger partial charge in [0.15, 0.2) is 0 Å². The summed E-state index contributed by atoms with van der Waals surface area (Å²) < 4.78 is 14.3. The molecule has 0 aliphatic heterocycles. The molecule has 33 heavy (non-hydrogen) atoms. The van der Waals surface area contributed by atoms with E-state index in [1.165, 1.54) is 17.4 Å². The van der Waals surface area contributed by atoms with Crippen LogP contribution in [0.15, 0.2) is 76.7 Å². The highest BCUT2D eigenvalue weighted by molar-refractivity contribution is 7.99.